The van der Waals surface area contributed by atoms with Crippen molar-refractivity contribution in [2.24, 2.45) is 0 Å². The van der Waals surface area contributed by atoms with Crippen LogP contribution in [0.1, 0.15) is 15.9 Å². The van der Waals surface area contributed by atoms with E-state index >= 15 is 0 Å². The number of para-hydroxylation sites is 1. The highest BCUT2D eigenvalue weighted by Crippen LogP contribution is 2.25. The maximum absolute atomic E-state index is 14.1. The first-order chi connectivity index (χ1) is 14.0. The van der Waals surface area contributed by atoms with E-state index in [0.29, 0.717) is 22.2 Å². The maximum Gasteiger partial charge on any atom is 0.244 e. The van der Waals surface area contributed by atoms with Gasteiger partial charge in [-0.1, -0.05) is 30.3 Å². The van der Waals surface area contributed by atoms with Crippen LogP contribution in [0.5, 0.6) is 0 Å². The number of aromatic nitrogens is 1. The molecule has 4 rings (SSSR count). The molecule has 1 amide bonds. The lowest BCUT2D eigenvalue weighted by atomic mass is 10.0. The molecule has 0 saturated heterocycles. The molecule has 0 bridgehead atoms. The highest BCUT2D eigenvalue weighted by Gasteiger charge is 2.20. The fourth-order valence-electron chi connectivity index (χ4n) is 3.24. The van der Waals surface area contributed by atoms with Crippen LogP contribution in [-0.4, -0.2) is 16.3 Å². The quantitative estimate of drug-likeness (QED) is 0.498. The van der Waals surface area contributed by atoms with Crippen LogP contribution in [0.2, 0.25) is 0 Å². The number of nitrogens with zero attached hydrogens (tertiary/aromatic N) is 1. The standard InChI is InChI=1S/C23H16F2N2O2/c24-15-9-11-16(12-10-15)26-22(28)14-27-13-19(17-5-2-4-8-21(17)27)23(29)18-6-1-3-7-20(18)25/h1-13H,14H2,(H,26,28). The first kappa shape index (κ1) is 18.6. The summed E-state index contributed by atoms with van der Waals surface area (Å²) in [5.41, 5.74) is 1.45. The van der Waals surface area contributed by atoms with Gasteiger partial charge in [0, 0.05) is 28.4 Å². The Bertz CT molecular complexity index is 1210. The molecule has 0 spiro atoms. The minimum Gasteiger partial charge on any atom is -0.337 e. The van der Waals surface area contributed by atoms with Crippen LogP contribution in [0.15, 0.2) is 79.0 Å². The van der Waals surface area contributed by atoms with Gasteiger partial charge < -0.3 is 9.88 Å². The summed E-state index contributed by atoms with van der Waals surface area (Å²) in [6, 6.07) is 18.4. The van der Waals surface area contributed by atoms with Crippen LogP contribution in [0, 0.1) is 11.6 Å². The second-order valence-electron chi connectivity index (χ2n) is 6.55. The van der Waals surface area contributed by atoms with E-state index in [0.717, 1.165) is 0 Å². The molecule has 1 aromatic heterocycles. The van der Waals surface area contributed by atoms with Crippen molar-refractivity contribution in [3.05, 3.63) is 102 Å². The molecule has 0 unspecified atom stereocenters. The Balaban J connectivity index is 1.65. The fourth-order valence-corrected chi connectivity index (χ4v) is 3.24. The summed E-state index contributed by atoms with van der Waals surface area (Å²) in [5, 5.41) is 3.32. The van der Waals surface area contributed by atoms with Crippen LogP contribution in [-0.2, 0) is 11.3 Å². The highest BCUT2D eigenvalue weighted by atomic mass is 19.1. The van der Waals surface area contributed by atoms with E-state index in [9.17, 15) is 18.4 Å². The number of amides is 1. The number of nitrogens with one attached hydrogen (secondary N) is 1. The van der Waals surface area contributed by atoms with Crippen molar-refractivity contribution < 1.29 is 18.4 Å². The molecule has 0 atom stereocenters. The Hall–Kier alpha value is -3.80. The molecule has 6 heteroatoms. The van der Waals surface area contributed by atoms with Crippen molar-refractivity contribution in [2.45, 2.75) is 6.54 Å². The Kier molecular flexibility index (Phi) is 4.91. The minimum absolute atomic E-state index is 0.0221. The lowest BCUT2D eigenvalue weighted by Gasteiger charge is -2.07. The molecular weight excluding hydrogens is 374 g/mol. The van der Waals surface area contributed by atoms with Crippen molar-refractivity contribution in [1.29, 1.82) is 0 Å². The zero-order valence-electron chi connectivity index (χ0n) is 15.2. The summed E-state index contributed by atoms with van der Waals surface area (Å²) in [6.07, 6.45) is 1.56. The van der Waals surface area contributed by atoms with Gasteiger partial charge in [-0.3, -0.25) is 9.59 Å². The molecule has 4 nitrogen and oxygen atoms in total. The van der Waals surface area contributed by atoms with Crippen LogP contribution >= 0.6 is 0 Å². The SMILES string of the molecule is O=C(Cn1cc(C(=O)c2ccccc2F)c2ccccc21)Nc1ccc(F)cc1. The zero-order valence-corrected chi connectivity index (χ0v) is 15.2. The highest BCUT2D eigenvalue weighted by molar-refractivity contribution is 6.16. The molecule has 4 aromatic rings. The van der Waals surface area contributed by atoms with Gasteiger partial charge in [-0.05, 0) is 42.5 Å². The third-order valence-corrected chi connectivity index (χ3v) is 4.59. The lowest BCUT2D eigenvalue weighted by molar-refractivity contribution is -0.116. The molecule has 0 fully saturated rings. The summed E-state index contributed by atoms with van der Waals surface area (Å²) in [7, 11) is 0. The largest absolute Gasteiger partial charge is 0.337 e. The monoisotopic (exact) mass is 390 g/mol. The third kappa shape index (κ3) is 3.78. The molecule has 29 heavy (non-hydrogen) atoms. The Morgan fingerprint density at radius 1 is 0.828 bits per heavy atom. The van der Waals surface area contributed by atoms with Gasteiger partial charge in [-0.2, -0.15) is 0 Å². The number of halogens is 2. The van der Waals surface area contributed by atoms with Crippen molar-refractivity contribution >= 4 is 28.3 Å². The average molecular weight is 390 g/mol. The van der Waals surface area contributed by atoms with Gasteiger partial charge in [0.15, 0.2) is 5.78 Å². The summed E-state index contributed by atoms with van der Waals surface area (Å²) in [4.78, 5) is 25.4. The van der Waals surface area contributed by atoms with Crippen molar-refractivity contribution in [2.75, 3.05) is 5.32 Å². The maximum atomic E-state index is 14.1. The second kappa shape index (κ2) is 7.67. The number of ketones is 1. The third-order valence-electron chi connectivity index (χ3n) is 4.59. The Labute approximate surface area is 165 Å². The first-order valence-corrected chi connectivity index (χ1v) is 8.95. The minimum atomic E-state index is -0.594. The average Bonchev–Trinajstić information content (AvgIpc) is 3.08. The van der Waals surface area contributed by atoms with E-state index in [1.807, 2.05) is 0 Å². The van der Waals surface area contributed by atoms with Crippen molar-refractivity contribution in [3.63, 3.8) is 0 Å². The molecule has 0 saturated carbocycles. The van der Waals surface area contributed by atoms with Crippen LogP contribution < -0.4 is 5.32 Å². The second-order valence-corrected chi connectivity index (χ2v) is 6.55. The fraction of sp³-hybridized carbons (Fsp3) is 0.0435. The van der Waals surface area contributed by atoms with Gasteiger partial charge in [0.1, 0.15) is 18.2 Å². The zero-order chi connectivity index (χ0) is 20.4. The van der Waals surface area contributed by atoms with Gasteiger partial charge in [-0.25, -0.2) is 8.78 Å². The van der Waals surface area contributed by atoms with Gasteiger partial charge in [0.25, 0.3) is 0 Å². The van der Waals surface area contributed by atoms with Crippen molar-refractivity contribution in [3.8, 4) is 0 Å². The normalized spacial score (nSPS) is 10.8. The number of benzene rings is 3. The number of anilines is 1. The van der Waals surface area contributed by atoms with E-state index in [-0.39, 0.29) is 18.0 Å². The van der Waals surface area contributed by atoms with Crippen molar-refractivity contribution in [1.82, 2.24) is 4.57 Å². The predicted molar refractivity (Wildman–Crippen MR) is 107 cm³/mol. The van der Waals surface area contributed by atoms with E-state index < -0.39 is 17.4 Å². The Morgan fingerprint density at radius 2 is 1.52 bits per heavy atom. The molecular formula is C23H16F2N2O2. The molecule has 0 aliphatic carbocycles. The van der Waals surface area contributed by atoms with E-state index in [1.165, 1.54) is 42.5 Å². The summed E-state index contributed by atoms with van der Waals surface area (Å²) in [6.45, 7) is -0.0531. The molecule has 1 N–H and O–H groups in total. The van der Waals surface area contributed by atoms with Crippen LogP contribution in [0.3, 0.4) is 0 Å². The van der Waals surface area contributed by atoms with Gasteiger partial charge in [0.2, 0.25) is 5.91 Å². The van der Waals surface area contributed by atoms with Gasteiger partial charge in [0.05, 0.1) is 5.56 Å². The molecule has 1 heterocycles. The summed E-state index contributed by atoms with van der Waals surface area (Å²) >= 11 is 0. The van der Waals surface area contributed by atoms with Crippen LogP contribution in [0.4, 0.5) is 14.5 Å². The topological polar surface area (TPSA) is 51.1 Å². The summed E-state index contributed by atoms with van der Waals surface area (Å²) < 4.78 is 28.8. The number of rotatable bonds is 5. The Morgan fingerprint density at radius 3 is 2.28 bits per heavy atom. The number of fused-ring (bicyclic) bond motifs is 1. The van der Waals surface area contributed by atoms with E-state index in [4.69, 9.17) is 0 Å². The predicted octanol–water partition coefficient (Wildman–Crippen LogP) is 4.79. The molecule has 0 aliphatic heterocycles. The molecule has 0 aliphatic rings. The lowest BCUT2D eigenvalue weighted by Crippen LogP contribution is -2.18. The molecule has 3 aromatic carbocycles. The molecule has 144 valence electrons. The number of carbonyl (C=O) groups is 2. The number of hydrogen-bond donors (Lipinski definition) is 1. The van der Waals surface area contributed by atoms with Crippen LogP contribution in [0.25, 0.3) is 10.9 Å². The smallest absolute Gasteiger partial charge is 0.244 e. The van der Waals surface area contributed by atoms with Gasteiger partial charge >= 0.3 is 0 Å². The van der Waals surface area contributed by atoms with Gasteiger partial charge in [-0.15, -0.1) is 0 Å². The first-order valence-electron chi connectivity index (χ1n) is 8.95. The summed E-state index contributed by atoms with van der Waals surface area (Å²) in [5.74, 6) is -1.77. The molecule has 0 radical (unpaired) electrons. The van der Waals surface area contributed by atoms with E-state index in [2.05, 4.69) is 5.32 Å². The van der Waals surface area contributed by atoms with E-state index in [1.54, 1.807) is 41.1 Å². The number of hydrogen-bond acceptors (Lipinski definition) is 2. The number of carbonyl (C=O) groups excluding carboxylic acids is 2.